The zero-order valence-corrected chi connectivity index (χ0v) is 15.9. The number of ether oxygens (including phenoxy) is 2. The Kier molecular flexibility index (Phi) is 10.7. The highest BCUT2D eigenvalue weighted by Gasteiger charge is 1.99. The summed E-state index contributed by atoms with van der Waals surface area (Å²) in [5, 5.41) is 0.688. The van der Waals surface area contributed by atoms with Crippen molar-refractivity contribution >= 4 is 23.0 Å². The first-order valence-corrected chi connectivity index (χ1v) is 8.81. The molecule has 5 heteroatoms. The van der Waals surface area contributed by atoms with Crippen LogP contribution in [0, 0.1) is 0 Å². The first-order chi connectivity index (χ1) is 12.1. The lowest BCUT2D eigenvalue weighted by Gasteiger charge is -2.05. The van der Waals surface area contributed by atoms with Gasteiger partial charge in [0, 0.05) is 43.8 Å². The second-order valence-corrected chi connectivity index (χ2v) is 6.17. The Labute approximate surface area is 156 Å². The molecule has 0 bridgehead atoms. The van der Waals surface area contributed by atoms with Crippen LogP contribution in [0.25, 0.3) is 0 Å². The van der Waals surface area contributed by atoms with Crippen LogP contribution >= 0.6 is 11.6 Å². The predicted molar refractivity (Wildman–Crippen MR) is 107 cm³/mol. The van der Waals surface area contributed by atoms with Gasteiger partial charge in [-0.15, -0.1) is 0 Å². The van der Waals surface area contributed by atoms with E-state index in [1.165, 1.54) is 5.56 Å². The van der Waals surface area contributed by atoms with E-state index < -0.39 is 0 Å². The van der Waals surface area contributed by atoms with Gasteiger partial charge >= 0.3 is 0 Å². The van der Waals surface area contributed by atoms with Crippen LogP contribution in [0.4, 0.5) is 11.4 Å². The second kappa shape index (κ2) is 12.6. The molecule has 2 aromatic rings. The Morgan fingerprint density at radius 2 is 1.36 bits per heavy atom. The number of nitrogens with two attached hydrogens (primary N) is 2. The molecule has 0 aromatic heterocycles. The van der Waals surface area contributed by atoms with Crippen molar-refractivity contribution in [2.75, 3.05) is 38.9 Å². The van der Waals surface area contributed by atoms with Crippen LogP contribution in [0.15, 0.2) is 42.5 Å². The SMILES string of the molecule is COCCCc1ccc(Cl)cc1N.COCCCc1ccccc1N. The lowest BCUT2D eigenvalue weighted by molar-refractivity contribution is 0.195. The number of para-hydroxylation sites is 1. The number of methoxy groups -OCH3 is 2. The molecule has 138 valence electrons. The van der Waals surface area contributed by atoms with Crippen LogP contribution in [0.2, 0.25) is 5.02 Å². The maximum absolute atomic E-state index is 5.78. The Bertz CT molecular complexity index is 620. The maximum Gasteiger partial charge on any atom is 0.0465 e. The molecule has 0 aliphatic carbocycles. The highest BCUT2D eigenvalue weighted by molar-refractivity contribution is 6.30. The first-order valence-electron chi connectivity index (χ1n) is 8.43. The lowest BCUT2D eigenvalue weighted by atomic mass is 10.1. The molecule has 0 aliphatic heterocycles. The molecule has 0 aliphatic rings. The molecule has 4 N–H and O–H groups in total. The summed E-state index contributed by atoms with van der Waals surface area (Å²) in [6.07, 6.45) is 3.96. The molecule has 0 saturated heterocycles. The molecule has 0 fully saturated rings. The number of hydrogen-bond donors (Lipinski definition) is 2. The number of anilines is 2. The second-order valence-electron chi connectivity index (χ2n) is 5.73. The smallest absolute Gasteiger partial charge is 0.0465 e. The molecule has 2 aromatic carbocycles. The molecule has 0 spiro atoms. The molecule has 2 rings (SSSR count). The summed E-state index contributed by atoms with van der Waals surface area (Å²) in [7, 11) is 3.42. The van der Waals surface area contributed by atoms with E-state index in [-0.39, 0.29) is 0 Å². The van der Waals surface area contributed by atoms with Crippen LogP contribution in [0.1, 0.15) is 24.0 Å². The van der Waals surface area contributed by atoms with Crippen molar-refractivity contribution in [1.82, 2.24) is 0 Å². The Hall–Kier alpha value is -1.75. The number of nitrogen functional groups attached to an aromatic ring is 2. The van der Waals surface area contributed by atoms with Gasteiger partial charge in [0.05, 0.1) is 0 Å². The van der Waals surface area contributed by atoms with Gasteiger partial charge in [-0.2, -0.15) is 0 Å². The molecular weight excluding hydrogens is 336 g/mol. The van der Waals surface area contributed by atoms with Crippen LogP contribution in [0.5, 0.6) is 0 Å². The number of rotatable bonds is 8. The van der Waals surface area contributed by atoms with Crippen molar-refractivity contribution in [3.63, 3.8) is 0 Å². The normalized spacial score (nSPS) is 10.2. The van der Waals surface area contributed by atoms with E-state index >= 15 is 0 Å². The molecular formula is C20H29ClN2O2. The van der Waals surface area contributed by atoms with Gasteiger partial charge in [0.2, 0.25) is 0 Å². The van der Waals surface area contributed by atoms with Crippen LogP contribution < -0.4 is 11.5 Å². The van der Waals surface area contributed by atoms with Gasteiger partial charge in [-0.05, 0) is 55.0 Å². The minimum absolute atomic E-state index is 0.688. The highest BCUT2D eigenvalue weighted by Crippen LogP contribution is 2.19. The number of hydrogen-bond acceptors (Lipinski definition) is 4. The third-order valence-corrected chi connectivity index (χ3v) is 3.99. The van der Waals surface area contributed by atoms with E-state index in [0.29, 0.717) is 5.02 Å². The monoisotopic (exact) mass is 364 g/mol. The Morgan fingerprint density at radius 1 is 0.800 bits per heavy atom. The first kappa shape index (κ1) is 21.3. The average molecular weight is 365 g/mol. The van der Waals surface area contributed by atoms with Crippen LogP contribution in [-0.2, 0) is 22.3 Å². The van der Waals surface area contributed by atoms with Gasteiger partial charge < -0.3 is 20.9 Å². The van der Waals surface area contributed by atoms with Crippen molar-refractivity contribution < 1.29 is 9.47 Å². The number of halogens is 1. The van der Waals surface area contributed by atoms with Crippen molar-refractivity contribution in [2.45, 2.75) is 25.7 Å². The van der Waals surface area contributed by atoms with E-state index in [1.54, 1.807) is 20.3 Å². The summed E-state index contributed by atoms with van der Waals surface area (Å²) in [5.74, 6) is 0. The van der Waals surface area contributed by atoms with Gasteiger partial charge in [0.15, 0.2) is 0 Å². The van der Waals surface area contributed by atoms with Gasteiger partial charge in [-0.25, -0.2) is 0 Å². The van der Waals surface area contributed by atoms with E-state index in [9.17, 15) is 0 Å². The third-order valence-electron chi connectivity index (χ3n) is 3.75. The zero-order valence-electron chi connectivity index (χ0n) is 15.1. The van der Waals surface area contributed by atoms with Crippen molar-refractivity contribution in [3.8, 4) is 0 Å². The summed E-state index contributed by atoms with van der Waals surface area (Å²) in [6.45, 7) is 1.57. The van der Waals surface area contributed by atoms with E-state index in [4.69, 9.17) is 32.5 Å². The predicted octanol–water partition coefficient (Wildman–Crippen LogP) is 4.35. The third kappa shape index (κ3) is 8.77. The summed E-state index contributed by atoms with van der Waals surface area (Å²) < 4.78 is 9.92. The fourth-order valence-corrected chi connectivity index (χ4v) is 2.55. The summed E-state index contributed by atoms with van der Waals surface area (Å²) in [5.41, 5.74) is 15.5. The average Bonchev–Trinajstić information content (AvgIpc) is 2.59. The van der Waals surface area contributed by atoms with Crippen molar-refractivity contribution in [1.29, 1.82) is 0 Å². The van der Waals surface area contributed by atoms with E-state index in [0.717, 1.165) is 55.8 Å². The van der Waals surface area contributed by atoms with Gasteiger partial charge in [0.1, 0.15) is 0 Å². The van der Waals surface area contributed by atoms with Gasteiger partial charge in [0.25, 0.3) is 0 Å². The zero-order chi connectivity index (χ0) is 18.5. The highest BCUT2D eigenvalue weighted by atomic mass is 35.5. The van der Waals surface area contributed by atoms with Crippen LogP contribution in [-0.4, -0.2) is 27.4 Å². The molecule has 0 unspecified atom stereocenters. The largest absolute Gasteiger partial charge is 0.399 e. The molecule has 4 nitrogen and oxygen atoms in total. The van der Waals surface area contributed by atoms with Crippen molar-refractivity contribution in [2.24, 2.45) is 0 Å². The molecule has 0 radical (unpaired) electrons. The van der Waals surface area contributed by atoms with E-state index in [2.05, 4.69) is 6.07 Å². The van der Waals surface area contributed by atoms with Crippen LogP contribution in [0.3, 0.4) is 0 Å². The number of benzene rings is 2. The Balaban J connectivity index is 0.000000251. The maximum atomic E-state index is 5.78. The lowest BCUT2D eigenvalue weighted by Crippen LogP contribution is -1.97. The molecule has 0 atom stereocenters. The number of aryl methyl sites for hydroxylation is 2. The Morgan fingerprint density at radius 3 is 1.88 bits per heavy atom. The fraction of sp³-hybridized carbons (Fsp3) is 0.400. The van der Waals surface area contributed by atoms with Gasteiger partial charge in [-0.3, -0.25) is 0 Å². The molecule has 0 heterocycles. The topological polar surface area (TPSA) is 70.5 Å². The standard InChI is InChI=1S/C10H14ClNO.C10H15NO/c1-13-6-2-3-8-4-5-9(11)7-10(8)12;1-12-8-4-6-9-5-2-3-7-10(9)11/h4-5,7H,2-3,6,12H2,1H3;2-3,5,7H,4,6,8,11H2,1H3. The molecule has 25 heavy (non-hydrogen) atoms. The molecule has 0 saturated carbocycles. The fourth-order valence-electron chi connectivity index (χ4n) is 2.37. The minimum atomic E-state index is 0.688. The summed E-state index contributed by atoms with van der Waals surface area (Å²) in [4.78, 5) is 0. The summed E-state index contributed by atoms with van der Waals surface area (Å²) >= 11 is 5.77. The van der Waals surface area contributed by atoms with Gasteiger partial charge in [-0.1, -0.05) is 35.9 Å². The van der Waals surface area contributed by atoms with E-state index in [1.807, 2.05) is 30.3 Å². The molecule has 0 amide bonds. The van der Waals surface area contributed by atoms with Crippen molar-refractivity contribution in [3.05, 3.63) is 58.6 Å². The minimum Gasteiger partial charge on any atom is -0.399 e. The quantitative estimate of drug-likeness (QED) is 0.539. The summed E-state index contributed by atoms with van der Waals surface area (Å²) in [6, 6.07) is 13.6.